The van der Waals surface area contributed by atoms with E-state index >= 15 is 0 Å². The minimum atomic E-state index is 0.211. The third-order valence-electron chi connectivity index (χ3n) is 2.31. The third kappa shape index (κ3) is 2.08. The van der Waals surface area contributed by atoms with Crippen molar-refractivity contribution in [3.05, 3.63) is 0 Å². The molecule has 0 aromatic heterocycles. The SMILES string of the molecule is CC1=NN(C)N=C(C)C1C(C)(C)C. The second-order valence-electron chi connectivity index (χ2n) is 4.77. The topological polar surface area (TPSA) is 28.0 Å². The van der Waals surface area contributed by atoms with Crippen LogP contribution in [-0.2, 0) is 0 Å². The molecule has 3 nitrogen and oxygen atoms in total. The molecule has 0 aliphatic carbocycles. The predicted octanol–water partition coefficient (Wildman–Crippen LogP) is 2.35. The fraction of sp³-hybridized carbons (Fsp3) is 0.800. The molecule has 0 atom stereocenters. The first kappa shape index (κ1) is 10.2. The van der Waals surface area contributed by atoms with Gasteiger partial charge in [-0.1, -0.05) is 20.8 Å². The summed E-state index contributed by atoms with van der Waals surface area (Å²) < 4.78 is 0. The van der Waals surface area contributed by atoms with E-state index in [4.69, 9.17) is 0 Å². The highest BCUT2D eigenvalue weighted by atomic mass is 15.7. The van der Waals surface area contributed by atoms with Crippen LogP contribution in [0.1, 0.15) is 34.6 Å². The van der Waals surface area contributed by atoms with Gasteiger partial charge in [-0.25, -0.2) is 0 Å². The summed E-state index contributed by atoms with van der Waals surface area (Å²) >= 11 is 0. The van der Waals surface area contributed by atoms with Gasteiger partial charge >= 0.3 is 0 Å². The summed E-state index contributed by atoms with van der Waals surface area (Å²) in [5, 5.41) is 10.3. The second kappa shape index (κ2) is 3.13. The second-order valence-corrected chi connectivity index (χ2v) is 4.77. The maximum Gasteiger partial charge on any atom is 0.0495 e. The normalized spacial score (nSPS) is 20.0. The zero-order valence-corrected chi connectivity index (χ0v) is 9.42. The van der Waals surface area contributed by atoms with Gasteiger partial charge in [-0.2, -0.15) is 15.3 Å². The van der Waals surface area contributed by atoms with Gasteiger partial charge in [-0.3, -0.25) is 0 Å². The van der Waals surface area contributed by atoms with E-state index in [-0.39, 0.29) is 5.41 Å². The summed E-state index contributed by atoms with van der Waals surface area (Å²) in [6.45, 7) is 10.8. The Hall–Kier alpha value is -0.860. The number of hydrogen-bond acceptors (Lipinski definition) is 3. The van der Waals surface area contributed by atoms with Gasteiger partial charge in [0.25, 0.3) is 0 Å². The standard InChI is InChI=1S/C10H19N3/c1-7-9(10(3,4)5)8(2)12-13(6)11-7/h9H,1-6H3. The average Bonchev–Trinajstić information content (AvgIpc) is 1.78. The molecule has 0 saturated heterocycles. The molecule has 0 spiro atoms. The van der Waals surface area contributed by atoms with E-state index < -0.39 is 0 Å². The lowest BCUT2D eigenvalue weighted by Gasteiger charge is -2.33. The van der Waals surface area contributed by atoms with Crippen LogP contribution in [-0.4, -0.2) is 23.6 Å². The minimum Gasteiger partial charge on any atom is -0.188 e. The van der Waals surface area contributed by atoms with E-state index in [0.717, 1.165) is 11.4 Å². The van der Waals surface area contributed by atoms with Crippen molar-refractivity contribution < 1.29 is 0 Å². The average molecular weight is 181 g/mol. The Morgan fingerprint density at radius 2 is 1.46 bits per heavy atom. The Labute approximate surface area is 80.5 Å². The molecule has 0 saturated carbocycles. The van der Waals surface area contributed by atoms with E-state index in [1.54, 1.807) is 5.12 Å². The monoisotopic (exact) mass is 181 g/mol. The lowest BCUT2D eigenvalue weighted by Crippen LogP contribution is -2.37. The first-order valence-corrected chi connectivity index (χ1v) is 4.66. The summed E-state index contributed by atoms with van der Waals surface area (Å²) in [7, 11) is 1.87. The van der Waals surface area contributed by atoms with E-state index in [9.17, 15) is 0 Å². The maximum atomic E-state index is 4.34. The minimum absolute atomic E-state index is 0.211. The van der Waals surface area contributed by atoms with Crippen molar-refractivity contribution in [2.24, 2.45) is 21.5 Å². The van der Waals surface area contributed by atoms with Crippen LogP contribution in [0.15, 0.2) is 10.2 Å². The fourth-order valence-corrected chi connectivity index (χ4v) is 2.15. The summed E-state index contributed by atoms with van der Waals surface area (Å²) in [5.74, 6) is 0.378. The van der Waals surface area contributed by atoms with Gasteiger partial charge in [-0.05, 0) is 19.3 Å². The molecule has 0 aromatic carbocycles. The molecule has 1 aliphatic heterocycles. The van der Waals surface area contributed by atoms with Crippen molar-refractivity contribution in [1.82, 2.24) is 5.12 Å². The zero-order chi connectivity index (χ0) is 10.2. The van der Waals surface area contributed by atoms with Crippen LogP contribution < -0.4 is 0 Å². The Kier molecular flexibility index (Phi) is 2.46. The van der Waals surface area contributed by atoms with Crippen LogP contribution in [0.4, 0.5) is 0 Å². The summed E-state index contributed by atoms with van der Waals surface area (Å²) in [6, 6.07) is 0. The highest BCUT2D eigenvalue weighted by molar-refractivity contribution is 6.06. The molecule has 0 fully saturated rings. The van der Waals surface area contributed by atoms with Crippen molar-refractivity contribution in [2.75, 3.05) is 7.05 Å². The van der Waals surface area contributed by atoms with Gasteiger partial charge in [0.1, 0.15) is 0 Å². The third-order valence-corrected chi connectivity index (χ3v) is 2.31. The van der Waals surface area contributed by atoms with Crippen LogP contribution >= 0.6 is 0 Å². The lowest BCUT2D eigenvalue weighted by atomic mass is 9.75. The van der Waals surface area contributed by atoms with Crippen LogP contribution in [0.2, 0.25) is 0 Å². The Balaban J connectivity index is 2.99. The predicted molar refractivity (Wildman–Crippen MR) is 56.9 cm³/mol. The van der Waals surface area contributed by atoms with E-state index in [2.05, 4.69) is 44.8 Å². The molecular weight excluding hydrogens is 162 g/mol. The van der Waals surface area contributed by atoms with Gasteiger partial charge in [0.05, 0.1) is 0 Å². The molecule has 1 heterocycles. The molecule has 0 aromatic rings. The first-order chi connectivity index (χ1) is 5.82. The molecule has 13 heavy (non-hydrogen) atoms. The van der Waals surface area contributed by atoms with Crippen molar-refractivity contribution in [3.63, 3.8) is 0 Å². The summed E-state index contributed by atoms with van der Waals surface area (Å²) in [6.07, 6.45) is 0. The highest BCUT2D eigenvalue weighted by Crippen LogP contribution is 2.30. The van der Waals surface area contributed by atoms with E-state index in [1.165, 1.54) is 0 Å². The first-order valence-electron chi connectivity index (χ1n) is 4.66. The molecular formula is C10H19N3. The van der Waals surface area contributed by atoms with Crippen LogP contribution in [0, 0.1) is 11.3 Å². The van der Waals surface area contributed by atoms with Crippen molar-refractivity contribution in [3.8, 4) is 0 Å². The molecule has 0 unspecified atom stereocenters. The molecule has 1 aliphatic rings. The Bertz CT molecular complexity index is 238. The lowest BCUT2D eigenvalue weighted by molar-refractivity contribution is 0.320. The van der Waals surface area contributed by atoms with Crippen molar-refractivity contribution in [2.45, 2.75) is 34.6 Å². The molecule has 0 amide bonds. The molecule has 0 N–H and O–H groups in total. The van der Waals surface area contributed by atoms with Gasteiger partial charge < -0.3 is 0 Å². The molecule has 1 rings (SSSR count). The highest BCUT2D eigenvalue weighted by Gasteiger charge is 2.32. The van der Waals surface area contributed by atoms with E-state index in [1.807, 2.05) is 7.05 Å². The Morgan fingerprint density at radius 1 is 1.08 bits per heavy atom. The van der Waals surface area contributed by atoms with Gasteiger partial charge in [0.15, 0.2) is 0 Å². The fourth-order valence-electron chi connectivity index (χ4n) is 2.15. The maximum absolute atomic E-state index is 4.34. The largest absolute Gasteiger partial charge is 0.188 e. The van der Waals surface area contributed by atoms with Gasteiger partial charge in [0, 0.05) is 24.4 Å². The Morgan fingerprint density at radius 3 is 1.77 bits per heavy atom. The van der Waals surface area contributed by atoms with Crippen LogP contribution in [0.5, 0.6) is 0 Å². The molecule has 0 radical (unpaired) electrons. The smallest absolute Gasteiger partial charge is 0.0495 e. The van der Waals surface area contributed by atoms with E-state index in [0.29, 0.717) is 5.92 Å². The van der Waals surface area contributed by atoms with Gasteiger partial charge in [0.2, 0.25) is 0 Å². The van der Waals surface area contributed by atoms with Crippen LogP contribution in [0.25, 0.3) is 0 Å². The van der Waals surface area contributed by atoms with Gasteiger partial charge in [-0.15, -0.1) is 0 Å². The summed E-state index contributed by atoms with van der Waals surface area (Å²) in [5.41, 5.74) is 2.52. The number of hydrogen-bond donors (Lipinski definition) is 0. The molecule has 74 valence electrons. The number of rotatable bonds is 0. The molecule has 0 bridgehead atoms. The quantitative estimate of drug-likeness (QED) is 0.563. The van der Waals surface area contributed by atoms with Crippen molar-refractivity contribution in [1.29, 1.82) is 0 Å². The van der Waals surface area contributed by atoms with Crippen molar-refractivity contribution >= 4 is 11.4 Å². The van der Waals surface area contributed by atoms with Crippen LogP contribution in [0.3, 0.4) is 0 Å². The molecule has 3 heteroatoms. The number of hydrazone groups is 2. The number of nitrogens with zero attached hydrogens (tertiary/aromatic N) is 3. The zero-order valence-electron chi connectivity index (χ0n) is 9.42. The summed E-state index contributed by atoms with van der Waals surface area (Å²) in [4.78, 5) is 0.